The standard InChI is InChI=1S/C18H21N3O/c1-2-13-5-8-17-16(11-13)20-18(21(17)9-10-22)15-6-3-14(12-19)4-7-15/h3-8,11,22H,2,9-10,12,19H2,1H3. The first-order valence-corrected chi connectivity index (χ1v) is 7.66. The van der Waals surface area contributed by atoms with E-state index in [1.165, 1.54) is 5.56 Å². The summed E-state index contributed by atoms with van der Waals surface area (Å²) in [6.07, 6.45) is 0.989. The molecular weight excluding hydrogens is 274 g/mol. The molecule has 1 aromatic heterocycles. The molecule has 0 amide bonds. The van der Waals surface area contributed by atoms with Crippen molar-refractivity contribution in [1.29, 1.82) is 0 Å². The Kier molecular flexibility index (Phi) is 4.22. The van der Waals surface area contributed by atoms with Gasteiger partial charge in [-0.25, -0.2) is 4.98 Å². The van der Waals surface area contributed by atoms with Crippen molar-refractivity contribution in [1.82, 2.24) is 9.55 Å². The first-order chi connectivity index (χ1) is 10.8. The summed E-state index contributed by atoms with van der Waals surface area (Å²) in [5.74, 6) is 0.890. The van der Waals surface area contributed by atoms with Gasteiger partial charge in [-0.05, 0) is 29.7 Å². The Hall–Kier alpha value is -2.17. The van der Waals surface area contributed by atoms with Gasteiger partial charge < -0.3 is 15.4 Å². The fourth-order valence-corrected chi connectivity index (χ4v) is 2.73. The predicted molar refractivity (Wildman–Crippen MR) is 89.5 cm³/mol. The molecular formula is C18H21N3O. The van der Waals surface area contributed by atoms with E-state index in [4.69, 9.17) is 10.7 Å². The van der Waals surface area contributed by atoms with Crippen LogP contribution < -0.4 is 5.73 Å². The molecule has 2 aromatic carbocycles. The van der Waals surface area contributed by atoms with Crippen LogP contribution in [0.3, 0.4) is 0 Å². The van der Waals surface area contributed by atoms with Crippen LogP contribution in [-0.4, -0.2) is 21.3 Å². The van der Waals surface area contributed by atoms with Crippen molar-refractivity contribution in [2.75, 3.05) is 6.61 Å². The van der Waals surface area contributed by atoms with Crippen LogP contribution in [0.2, 0.25) is 0 Å². The highest BCUT2D eigenvalue weighted by atomic mass is 16.3. The van der Waals surface area contributed by atoms with Crippen LogP contribution in [0.1, 0.15) is 18.1 Å². The van der Waals surface area contributed by atoms with Gasteiger partial charge in [0.1, 0.15) is 5.82 Å². The second-order valence-electron chi connectivity index (χ2n) is 5.39. The highest BCUT2D eigenvalue weighted by Gasteiger charge is 2.12. The Bertz CT molecular complexity index is 775. The number of aliphatic hydroxyl groups is 1. The number of benzene rings is 2. The Morgan fingerprint density at radius 3 is 2.45 bits per heavy atom. The van der Waals surface area contributed by atoms with Gasteiger partial charge in [-0.3, -0.25) is 0 Å². The number of hydrogen-bond donors (Lipinski definition) is 2. The smallest absolute Gasteiger partial charge is 0.141 e. The Morgan fingerprint density at radius 1 is 1.09 bits per heavy atom. The minimum absolute atomic E-state index is 0.0921. The van der Waals surface area contributed by atoms with Crippen molar-refractivity contribution >= 4 is 11.0 Å². The second kappa shape index (κ2) is 6.30. The van der Waals surface area contributed by atoms with Crippen molar-refractivity contribution in [3.63, 3.8) is 0 Å². The molecule has 0 bridgehead atoms. The number of imidazole rings is 1. The van der Waals surface area contributed by atoms with Gasteiger partial charge in [0, 0.05) is 18.7 Å². The van der Waals surface area contributed by atoms with E-state index < -0.39 is 0 Å². The highest BCUT2D eigenvalue weighted by Crippen LogP contribution is 2.26. The molecule has 3 N–H and O–H groups in total. The lowest BCUT2D eigenvalue weighted by Crippen LogP contribution is -2.04. The minimum atomic E-state index is 0.0921. The van der Waals surface area contributed by atoms with E-state index in [1.54, 1.807) is 0 Å². The average molecular weight is 295 g/mol. The van der Waals surface area contributed by atoms with Crippen LogP contribution >= 0.6 is 0 Å². The number of aryl methyl sites for hydroxylation is 1. The lowest BCUT2D eigenvalue weighted by atomic mass is 10.1. The first kappa shape index (κ1) is 14.8. The number of rotatable bonds is 5. The summed E-state index contributed by atoms with van der Waals surface area (Å²) in [6, 6.07) is 14.5. The monoisotopic (exact) mass is 295 g/mol. The molecule has 22 heavy (non-hydrogen) atoms. The van der Waals surface area contributed by atoms with Crippen LogP contribution in [0.25, 0.3) is 22.4 Å². The minimum Gasteiger partial charge on any atom is -0.395 e. The van der Waals surface area contributed by atoms with E-state index in [2.05, 4.69) is 29.7 Å². The summed E-state index contributed by atoms with van der Waals surface area (Å²) in [5.41, 5.74) is 11.1. The lowest BCUT2D eigenvalue weighted by Gasteiger charge is -2.08. The lowest BCUT2D eigenvalue weighted by molar-refractivity contribution is 0.278. The van der Waals surface area contributed by atoms with Crippen molar-refractivity contribution in [3.8, 4) is 11.4 Å². The van der Waals surface area contributed by atoms with E-state index in [0.29, 0.717) is 13.1 Å². The van der Waals surface area contributed by atoms with Gasteiger partial charge in [0.05, 0.1) is 17.6 Å². The van der Waals surface area contributed by atoms with Crippen molar-refractivity contribution in [2.24, 2.45) is 5.73 Å². The van der Waals surface area contributed by atoms with Gasteiger partial charge in [0.15, 0.2) is 0 Å². The van der Waals surface area contributed by atoms with Gasteiger partial charge >= 0.3 is 0 Å². The molecule has 3 rings (SSSR count). The fraction of sp³-hybridized carbons (Fsp3) is 0.278. The Balaban J connectivity index is 2.15. The number of aromatic nitrogens is 2. The third kappa shape index (κ3) is 2.63. The third-order valence-corrected chi connectivity index (χ3v) is 3.99. The summed E-state index contributed by atoms with van der Waals surface area (Å²) >= 11 is 0. The molecule has 3 aromatic rings. The third-order valence-electron chi connectivity index (χ3n) is 3.99. The van der Waals surface area contributed by atoms with E-state index >= 15 is 0 Å². The zero-order valence-electron chi connectivity index (χ0n) is 12.8. The van der Waals surface area contributed by atoms with Crippen LogP contribution in [0, 0.1) is 0 Å². The van der Waals surface area contributed by atoms with Crippen LogP contribution in [0.5, 0.6) is 0 Å². The number of nitrogens with two attached hydrogens (primary N) is 1. The van der Waals surface area contributed by atoms with Gasteiger partial charge in [-0.2, -0.15) is 0 Å². The molecule has 0 radical (unpaired) electrons. The maximum Gasteiger partial charge on any atom is 0.141 e. The number of nitrogens with zero attached hydrogens (tertiary/aromatic N) is 2. The maximum absolute atomic E-state index is 9.39. The van der Waals surface area contributed by atoms with Crippen LogP contribution in [-0.2, 0) is 19.5 Å². The SMILES string of the molecule is CCc1ccc2c(c1)nc(-c1ccc(CN)cc1)n2CCO. The Morgan fingerprint density at radius 2 is 1.82 bits per heavy atom. The molecule has 0 aliphatic heterocycles. The molecule has 0 aliphatic carbocycles. The van der Waals surface area contributed by atoms with Crippen molar-refractivity contribution in [2.45, 2.75) is 26.4 Å². The summed E-state index contributed by atoms with van der Waals surface area (Å²) in [5, 5.41) is 9.39. The van der Waals surface area contributed by atoms with Gasteiger partial charge in [0.2, 0.25) is 0 Å². The largest absolute Gasteiger partial charge is 0.395 e. The van der Waals surface area contributed by atoms with Gasteiger partial charge in [0.25, 0.3) is 0 Å². The van der Waals surface area contributed by atoms with Crippen LogP contribution in [0.4, 0.5) is 0 Å². The van der Waals surface area contributed by atoms with Crippen molar-refractivity contribution in [3.05, 3.63) is 53.6 Å². The Labute approximate surface area is 130 Å². The molecule has 0 aliphatic rings. The molecule has 0 saturated carbocycles. The second-order valence-corrected chi connectivity index (χ2v) is 5.39. The summed E-state index contributed by atoms with van der Waals surface area (Å²) in [7, 11) is 0. The predicted octanol–water partition coefficient (Wildman–Crippen LogP) is 2.72. The molecule has 114 valence electrons. The molecule has 0 saturated heterocycles. The quantitative estimate of drug-likeness (QED) is 0.760. The summed E-state index contributed by atoms with van der Waals surface area (Å²) < 4.78 is 2.08. The van der Waals surface area contributed by atoms with Gasteiger partial charge in [-0.15, -0.1) is 0 Å². The van der Waals surface area contributed by atoms with E-state index in [-0.39, 0.29) is 6.61 Å². The van der Waals surface area contributed by atoms with E-state index in [0.717, 1.165) is 34.4 Å². The normalized spacial score (nSPS) is 11.2. The van der Waals surface area contributed by atoms with Crippen LogP contribution in [0.15, 0.2) is 42.5 Å². The first-order valence-electron chi connectivity index (χ1n) is 7.66. The maximum atomic E-state index is 9.39. The number of hydrogen-bond acceptors (Lipinski definition) is 3. The zero-order valence-corrected chi connectivity index (χ0v) is 12.8. The van der Waals surface area contributed by atoms with Crippen molar-refractivity contribution < 1.29 is 5.11 Å². The van der Waals surface area contributed by atoms with E-state index in [9.17, 15) is 5.11 Å². The fourth-order valence-electron chi connectivity index (χ4n) is 2.73. The topological polar surface area (TPSA) is 64.1 Å². The average Bonchev–Trinajstić information content (AvgIpc) is 2.93. The molecule has 0 fully saturated rings. The number of aliphatic hydroxyl groups excluding tert-OH is 1. The molecule has 0 spiro atoms. The van der Waals surface area contributed by atoms with E-state index in [1.807, 2.05) is 24.3 Å². The molecule has 4 nitrogen and oxygen atoms in total. The van der Waals surface area contributed by atoms with Gasteiger partial charge in [-0.1, -0.05) is 37.3 Å². The summed E-state index contributed by atoms with van der Waals surface area (Å²) in [6.45, 7) is 3.30. The molecule has 4 heteroatoms. The summed E-state index contributed by atoms with van der Waals surface area (Å²) in [4.78, 5) is 4.79. The molecule has 0 unspecified atom stereocenters. The number of fused-ring (bicyclic) bond motifs is 1. The highest BCUT2D eigenvalue weighted by molar-refractivity contribution is 5.81. The zero-order chi connectivity index (χ0) is 15.5. The molecule has 1 heterocycles. The molecule has 0 atom stereocenters.